The zero-order chi connectivity index (χ0) is 10.7. The first-order chi connectivity index (χ1) is 7.25. The van der Waals surface area contributed by atoms with Crippen molar-refractivity contribution in [1.82, 2.24) is 4.98 Å². The van der Waals surface area contributed by atoms with E-state index in [2.05, 4.69) is 10.3 Å². The van der Waals surface area contributed by atoms with E-state index in [0.29, 0.717) is 12.2 Å². The van der Waals surface area contributed by atoms with Crippen LogP contribution in [0.3, 0.4) is 0 Å². The molecule has 0 aliphatic rings. The average molecular weight is 208 g/mol. The molecule has 0 aliphatic carbocycles. The van der Waals surface area contributed by atoms with Gasteiger partial charge in [-0.25, -0.2) is 8.78 Å². The Balaban J connectivity index is 2.02. The molecule has 0 amide bonds. The number of H-pyrrole nitrogens is 1. The van der Waals surface area contributed by atoms with Crippen LogP contribution in [0.5, 0.6) is 0 Å². The molecule has 0 saturated carbocycles. The molecule has 0 spiro atoms. The lowest BCUT2D eigenvalue weighted by atomic mass is 10.3. The lowest BCUT2D eigenvalue weighted by Crippen LogP contribution is -2.00. The highest BCUT2D eigenvalue weighted by atomic mass is 19.2. The lowest BCUT2D eigenvalue weighted by Gasteiger charge is -2.05. The van der Waals surface area contributed by atoms with Crippen LogP contribution in [0, 0.1) is 11.6 Å². The third kappa shape index (κ3) is 2.34. The summed E-state index contributed by atoms with van der Waals surface area (Å²) in [5.41, 5.74) is 1.54. The molecule has 1 aromatic heterocycles. The van der Waals surface area contributed by atoms with Crippen molar-refractivity contribution in [2.75, 3.05) is 5.32 Å². The van der Waals surface area contributed by atoms with E-state index in [-0.39, 0.29) is 0 Å². The van der Waals surface area contributed by atoms with Gasteiger partial charge >= 0.3 is 0 Å². The smallest absolute Gasteiger partial charge is 0.160 e. The van der Waals surface area contributed by atoms with Crippen molar-refractivity contribution in [2.24, 2.45) is 0 Å². The fraction of sp³-hybridized carbons (Fsp3) is 0.0909. The topological polar surface area (TPSA) is 27.8 Å². The lowest BCUT2D eigenvalue weighted by molar-refractivity contribution is 0.509. The van der Waals surface area contributed by atoms with Gasteiger partial charge in [0.1, 0.15) is 0 Å². The van der Waals surface area contributed by atoms with Crippen LogP contribution in [0.2, 0.25) is 0 Å². The second-order valence-electron chi connectivity index (χ2n) is 3.18. The van der Waals surface area contributed by atoms with Crippen LogP contribution in [0.25, 0.3) is 0 Å². The van der Waals surface area contributed by atoms with Gasteiger partial charge in [0.25, 0.3) is 0 Å². The molecule has 1 heterocycles. The molecule has 0 radical (unpaired) electrons. The largest absolute Gasteiger partial charge is 0.379 e. The first-order valence-electron chi connectivity index (χ1n) is 4.57. The van der Waals surface area contributed by atoms with Crippen LogP contribution < -0.4 is 5.32 Å². The van der Waals surface area contributed by atoms with E-state index in [9.17, 15) is 8.78 Å². The van der Waals surface area contributed by atoms with E-state index < -0.39 is 11.6 Å². The molecule has 0 atom stereocenters. The highest BCUT2D eigenvalue weighted by Gasteiger charge is 2.01. The Morgan fingerprint density at radius 1 is 1.13 bits per heavy atom. The molecule has 0 unspecified atom stereocenters. The van der Waals surface area contributed by atoms with Crippen LogP contribution >= 0.6 is 0 Å². The van der Waals surface area contributed by atoms with E-state index in [0.717, 1.165) is 17.8 Å². The summed E-state index contributed by atoms with van der Waals surface area (Å²) in [7, 11) is 0. The molecular weight excluding hydrogens is 198 g/mol. The summed E-state index contributed by atoms with van der Waals surface area (Å²) in [5, 5.41) is 2.98. The Bertz CT molecular complexity index is 438. The van der Waals surface area contributed by atoms with Crippen molar-refractivity contribution in [3.05, 3.63) is 53.9 Å². The van der Waals surface area contributed by atoms with E-state index in [1.54, 1.807) is 0 Å². The maximum atomic E-state index is 12.8. The number of hydrogen-bond donors (Lipinski definition) is 2. The molecule has 0 saturated heterocycles. The normalized spacial score (nSPS) is 10.3. The predicted molar refractivity (Wildman–Crippen MR) is 54.5 cm³/mol. The Kier molecular flexibility index (Phi) is 2.67. The monoisotopic (exact) mass is 208 g/mol. The van der Waals surface area contributed by atoms with E-state index >= 15 is 0 Å². The Morgan fingerprint density at radius 2 is 2.00 bits per heavy atom. The molecule has 78 valence electrons. The molecule has 15 heavy (non-hydrogen) atoms. The molecule has 4 heteroatoms. The molecule has 2 N–H and O–H groups in total. The SMILES string of the molecule is Fc1ccc(NCc2ccc[nH]2)cc1F. The van der Waals surface area contributed by atoms with Gasteiger partial charge in [-0.1, -0.05) is 0 Å². The molecule has 2 rings (SSSR count). The zero-order valence-corrected chi connectivity index (χ0v) is 7.93. The van der Waals surface area contributed by atoms with Crippen LogP contribution in [0.15, 0.2) is 36.5 Å². The second-order valence-corrected chi connectivity index (χ2v) is 3.18. The molecule has 1 aromatic carbocycles. The fourth-order valence-electron chi connectivity index (χ4n) is 1.28. The summed E-state index contributed by atoms with van der Waals surface area (Å²) in [6.45, 7) is 0.554. The predicted octanol–water partition coefficient (Wildman–Crippen LogP) is 2.91. The first kappa shape index (κ1) is 9.71. The van der Waals surface area contributed by atoms with Gasteiger partial charge in [-0.3, -0.25) is 0 Å². The molecule has 0 bridgehead atoms. The second kappa shape index (κ2) is 4.13. The zero-order valence-electron chi connectivity index (χ0n) is 7.93. The summed E-state index contributed by atoms with van der Waals surface area (Å²) in [5.74, 6) is -1.67. The van der Waals surface area contributed by atoms with Crippen molar-refractivity contribution >= 4 is 5.69 Å². The minimum Gasteiger partial charge on any atom is -0.379 e. The Hall–Kier alpha value is -1.84. The summed E-state index contributed by atoms with van der Waals surface area (Å²) >= 11 is 0. The van der Waals surface area contributed by atoms with Crippen molar-refractivity contribution in [2.45, 2.75) is 6.54 Å². The fourth-order valence-corrected chi connectivity index (χ4v) is 1.28. The molecular formula is C11H10F2N2. The number of rotatable bonds is 3. The summed E-state index contributed by atoms with van der Waals surface area (Å²) in [6, 6.07) is 7.53. The number of benzene rings is 1. The molecule has 0 fully saturated rings. The van der Waals surface area contributed by atoms with Gasteiger partial charge in [-0.2, -0.15) is 0 Å². The highest BCUT2D eigenvalue weighted by Crippen LogP contribution is 2.13. The minimum absolute atomic E-state index is 0.554. The van der Waals surface area contributed by atoms with Crippen molar-refractivity contribution < 1.29 is 8.78 Å². The summed E-state index contributed by atoms with van der Waals surface area (Å²) < 4.78 is 25.4. The number of nitrogens with one attached hydrogen (secondary N) is 2. The van der Waals surface area contributed by atoms with Crippen molar-refractivity contribution in [1.29, 1.82) is 0 Å². The summed E-state index contributed by atoms with van der Waals surface area (Å²) in [6.07, 6.45) is 1.81. The van der Waals surface area contributed by atoms with Gasteiger partial charge in [-0.15, -0.1) is 0 Å². The van der Waals surface area contributed by atoms with Crippen LogP contribution in [-0.2, 0) is 6.54 Å². The van der Waals surface area contributed by atoms with Crippen LogP contribution in [0.1, 0.15) is 5.69 Å². The Labute approximate surface area is 85.9 Å². The maximum absolute atomic E-state index is 12.8. The number of halogens is 2. The van der Waals surface area contributed by atoms with E-state index in [1.807, 2.05) is 18.3 Å². The van der Waals surface area contributed by atoms with Crippen molar-refractivity contribution in [3.63, 3.8) is 0 Å². The van der Waals surface area contributed by atoms with Gasteiger partial charge in [0.15, 0.2) is 11.6 Å². The molecule has 2 aromatic rings. The van der Waals surface area contributed by atoms with Crippen LogP contribution in [0.4, 0.5) is 14.5 Å². The molecule has 0 aliphatic heterocycles. The van der Waals surface area contributed by atoms with E-state index in [1.165, 1.54) is 6.07 Å². The maximum Gasteiger partial charge on any atom is 0.160 e. The van der Waals surface area contributed by atoms with Gasteiger partial charge in [0, 0.05) is 23.6 Å². The number of hydrogen-bond acceptors (Lipinski definition) is 1. The number of anilines is 1. The standard InChI is InChI=1S/C11H10F2N2/c12-10-4-3-8(6-11(10)13)15-7-9-2-1-5-14-9/h1-6,14-15H,7H2. The minimum atomic E-state index is -0.841. The summed E-state index contributed by atoms with van der Waals surface area (Å²) in [4.78, 5) is 3.00. The van der Waals surface area contributed by atoms with Gasteiger partial charge in [0.05, 0.1) is 6.54 Å². The van der Waals surface area contributed by atoms with Crippen LogP contribution in [-0.4, -0.2) is 4.98 Å². The third-order valence-corrected chi connectivity index (χ3v) is 2.06. The van der Waals surface area contributed by atoms with Gasteiger partial charge in [0.2, 0.25) is 0 Å². The van der Waals surface area contributed by atoms with Gasteiger partial charge in [-0.05, 0) is 24.3 Å². The average Bonchev–Trinajstić information content (AvgIpc) is 2.73. The highest BCUT2D eigenvalue weighted by molar-refractivity contribution is 5.43. The number of aromatic nitrogens is 1. The van der Waals surface area contributed by atoms with Gasteiger partial charge < -0.3 is 10.3 Å². The van der Waals surface area contributed by atoms with E-state index in [4.69, 9.17) is 0 Å². The third-order valence-electron chi connectivity index (χ3n) is 2.06. The molecule has 2 nitrogen and oxygen atoms in total. The first-order valence-corrected chi connectivity index (χ1v) is 4.57. The van der Waals surface area contributed by atoms with Crippen molar-refractivity contribution in [3.8, 4) is 0 Å². The quantitative estimate of drug-likeness (QED) is 0.797. The number of aromatic amines is 1. The Morgan fingerprint density at radius 3 is 2.67 bits per heavy atom.